The SMILES string of the molecule is CCOC(=O)C(F)=C[C@H]1[C@@H](C(=O)O[C@H](C#N)c2cccc(Oc3ccccc3)c2)C1(C)C. The zero-order valence-corrected chi connectivity index (χ0v) is 18.1. The van der Waals surface area contributed by atoms with Crippen molar-refractivity contribution < 1.29 is 28.2 Å². The predicted molar refractivity (Wildman–Crippen MR) is 114 cm³/mol. The molecule has 166 valence electrons. The van der Waals surface area contributed by atoms with Crippen molar-refractivity contribution in [1.29, 1.82) is 5.26 Å². The predicted octanol–water partition coefficient (Wildman–Crippen LogP) is 5.28. The topological polar surface area (TPSA) is 85.6 Å². The molecule has 0 unspecified atom stereocenters. The highest BCUT2D eigenvalue weighted by Gasteiger charge is 2.62. The van der Waals surface area contributed by atoms with E-state index < -0.39 is 41.1 Å². The molecule has 3 rings (SSSR count). The average Bonchev–Trinajstić information content (AvgIpc) is 3.32. The van der Waals surface area contributed by atoms with Crippen LogP contribution in [0.3, 0.4) is 0 Å². The molecule has 2 aromatic rings. The van der Waals surface area contributed by atoms with Gasteiger partial charge in [0.25, 0.3) is 0 Å². The zero-order chi connectivity index (χ0) is 23.3. The summed E-state index contributed by atoms with van der Waals surface area (Å²) in [5.41, 5.74) is -0.156. The molecule has 7 heteroatoms. The summed E-state index contributed by atoms with van der Waals surface area (Å²) in [5, 5.41) is 9.58. The number of carbonyl (C=O) groups is 2. The van der Waals surface area contributed by atoms with E-state index >= 15 is 0 Å². The van der Waals surface area contributed by atoms with Crippen molar-refractivity contribution in [2.75, 3.05) is 6.61 Å². The summed E-state index contributed by atoms with van der Waals surface area (Å²) >= 11 is 0. The lowest BCUT2D eigenvalue weighted by atomic mass is 10.1. The van der Waals surface area contributed by atoms with Crippen molar-refractivity contribution in [2.24, 2.45) is 17.3 Å². The summed E-state index contributed by atoms with van der Waals surface area (Å²) in [4.78, 5) is 24.3. The summed E-state index contributed by atoms with van der Waals surface area (Å²) in [6, 6.07) is 17.8. The fourth-order valence-electron chi connectivity index (χ4n) is 3.59. The summed E-state index contributed by atoms with van der Waals surface area (Å²) in [6.07, 6.45) is -0.0580. The van der Waals surface area contributed by atoms with Gasteiger partial charge in [-0.15, -0.1) is 0 Å². The van der Waals surface area contributed by atoms with Gasteiger partial charge < -0.3 is 14.2 Å². The Bertz CT molecular complexity index is 1060. The summed E-state index contributed by atoms with van der Waals surface area (Å²) in [6.45, 7) is 5.17. The standard InChI is InChI=1S/C25H24FNO5/c1-4-30-23(28)20(26)14-19-22(25(19,2)3)24(29)32-21(15-27)16-9-8-12-18(13-16)31-17-10-6-5-7-11-17/h5-14,19,21-22H,4H2,1-3H3/t19-,21+,22-/m0/s1. The number of halogens is 1. The van der Waals surface area contributed by atoms with Crippen LogP contribution in [0.25, 0.3) is 0 Å². The quantitative estimate of drug-likeness (QED) is 0.413. The second-order valence-electron chi connectivity index (χ2n) is 7.99. The second kappa shape index (κ2) is 9.65. The number of benzene rings is 2. The molecule has 0 radical (unpaired) electrons. The summed E-state index contributed by atoms with van der Waals surface area (Å²) < 4.78 is 29.9. The fourth-order valence-corrected chi connectivity index (χ4v) is 3.59. The Morgan fingerprint density at radius 1 is 1.16 bits per heavy atom. The van der Waals surface area contributed by atoms with Crippen LogP contribution in [-0.2, 0) is 19.1 Å². The molecule has 3 atom stereocenters. The Hall–Kier alpha value is -3.66. The largest absolute Gasteiger partial charge is 0.461 e. The van der Waals surface area contributed by atoms with Gasteiger partial charge in [-0.3, -0.25) is 4.79 Å². The Kier molecular flexibility index (Phi) is 6.94. The first kappa shape index (κ1) is 23.0. The van der Waals surface area contributed by atoms with Crippen molar-refractivity contribution in [3.05, 3.63) is 72.1 Å². The van der Waals surface area contributed by atoms with Crippen molar-refractivity contribution in [1.82, 2.24) is 0 Å². The minimum Gasteiger partial charge on any atom is -0.461 e. The van der Waals surface area contributed by atoms with E-state index in [1.165, 1.54) is 0 Å². The van der Waals surface area contributed by atoms with E-state index in [-0.39, 0.29) is 6.61 Å². The monoisotopic (exact) mass is 437 g/mol. The molecule has 0 aromatic heterocycles. The van der Waals surface area contributed by atoms with Gasteiger partial charge in [0.1, 0.15) is 17.6 Å². The number of hydrogen-bond acceptors (Lipinski definition) is 6. The van der Waals surface area contributed by atoms with E-state index in [0.717, 1.165) is 6.08 Å². The van der Waals surface area contributed by atoms with Gasteiger partial charge in [-0.05, 0) is 48.6 Å². The first-order valence-electron chi connectivity index (χ1n) is 10.2. The average molecular weight is 437 g/mol. The van der Waals surface area contributed by atoms with Crippen LogP contribution in [0.5, 0.6) is 11.5 Å². The van der Waals surface area contributed by atoms with Crippen molar-refractivity contribution in [2.45, 2.75) is 26.9 Å². The van der Waals surface area contributed by atoms with Gasteiger partial charge >= 0.3 is 11.9 Å². The number of hydrogen-bond donors (Lipinski definition) is 0. The molecular weight excluding hydrogens is 413 g/mol. The number of carbonyl (C=O) groups excluding carboxylic acids is 2. The second-order valence-corrected chi connectivity index (χ2v) is 7.99. The van der Waals surface area contributed by atoms with Crippen molar-refractivity contribution in [3.8, 4) is 17.6 Å². The van der Waals surface area contributed by atoms with Gasteiger partial charge in [-0.25, -0.2) is 4.79 Å². The van der Waals surface area contributed by atoms with Crippen molar-refractivity contribution >= 4 is 11.9 Å². The maximum atomic E-state index is 14.0. The van der Waals surface area contributed by atoms with Crippen LogP contribution in [0.15, 0.2) is 66.5 Å². The number of nitriles is 1. The zero-order valence-electron chi connectivity index (χ0n) is 18.1. The number of nitrogens with zero attached hydrogens (tertiary/aromatic N) is 1. The lowest BCUT2D eigenvalue weighted by molar-refractivity contribution is -0.149. The molecule has 0 spiro atoms. The molecule has 1 fully saturated rings. The summed E-state index contributed by atoms with van der Waals surface area (Å²) in [5.74, 6) is -2.82. The molecule has 0 bridgehead atoms. The molecule has 0 heterocycles. The Morgan fingerprint density at radius 3 is 2.50 bits per heavy atom. The minimum absolute atomic E-state index is 0.0521. The first-order valence-corrected chi connectivity index (χ1v) is 10.2. The van der Waals surface area contributed by atoms with Gasteiger partial charge in [-0.2, -0.15) is 9.65 Å². The number of allylic oxidation sites excluding steroid dienone is 1. The minimum atomic E-state index is -1.15. The fraction of sp³-hybridized carbons (Fsp3) is 0.320. The molecule has 0 N–H and O–H groups in total. The molecule has 0 aliphatic heterocycles. The maximum Gasteiger partial charge on any atom is 0.366 e. The molecule has 0 amide bonds. The number of ether oxygens (including phenoxy) is 3. The molecule has 2 aromatic carbocycles. The van der Waals surface area contributed by atoms with Gasteiger partial charge in [0.2, 0.25) is 11.9 Å². The van der Waals surface area contributed by atoms with Crippen molar-refractivity contribution in [3.63, 3.8) is 0 Å². The molecule has 1 aliphatic rings. The highest BCUT2D eigenvalue weighted by atomic mass is 19.1. The smallest absolute Gasteiger partial charge is 0.366 e. The lowest BCUT2D eigenvalue weighted by Gasteiger charge is -2.13. The van der Waals surface area contributed by atoms with E-state index in [1.807, 2.05) is 24.3 Å². The van der Waals surface area contributed by atoms with E-state index in [0.29, 0.717) is 17.1 Å². The molecule has 6 nitrogen and oxygen atoms in total. The highest BCUT2D eigenvalue weighted by Crippen LogP contribution is 2.60. The van der Waals surface area contributed by atoms with Crippen LogP contribution in [0.4, 0.5) is 4.39 Å². The van der Waals surface area contributed by atoms with Crippen LogP contribution in [0.2, 0.25) is 0 Å². The van der Waals surface area contributed by atoms with Crippen LogP contribution in [0, 0.1) is 28.6 Å². The third-order valence-electron chi connectivity index (χ3n) is 5.45. The molecule has 0 saturated heterocycles. The van der Waals surface area contributed by atoms with Crippen LogP contribution in [0.1, 0.15) is 32.4 Å². The Balaban J connectivity index is 1.70. The van der Waals surface area contributed by atoms with Crippen LogP contribution >= 0.6 is 0 Å². The third kappa shape index (κ3) is 5.14. The van der Waals surface area contributed by atoms with E-state index in [2.05, 4.69) is 4.74 Å². The number of para-hydroxylation sites is 1. The number of rotatable bonds is 8. The maximum absolute atomic E-state index is 14.0. The Labute approximate surface area is 186 Å². The third-order valence-corrected chi connectivity index (χ3v) is 5.45. The van der Waals surface area contributed by atoms with Gasteiger partial charge in [0.05, 0.1) is 12.5 Å². The van der Waals surface area contributed by atoms with Gasteiger partial charge in [0, 0.05) is 5.56 Å². The Morgan fingerprint density at radius 2 is 1.84 bits per heavy atom. The summed E-state index contributed by atoms with van der Waals surface area (Å²) in [7, 11) is 0. The van der Waals surface area contributed by atoms with Gasteiger partial charge in [-0.1, -0.05) is 44.2 Å². The van der Waals surface area contributed by atoms with E-state index in [9.17, 15) is 19.2 Å². The molecule has 1 aliphatic carbocycles. The molecule has 32 heavy (non-hydrogen) atoms. The highest BCUT2D eigenvalue weighted by molar-refractivity contribution is 5.87. The van der Waals surface area contributed by atoms with Crippen LogP contribution in [-0.4, -0.2) is 18.5 Å². The normalized spacial score (nSPS) is 19.9. The van der Waals surface area contributed by atoms with Gasteiger partial charge in [0.15, 0.2) is 0 Å². The number of esters is 2. The first-order chi connectivity index (χ1) is 15.3. The van der Waals surface area contributed by atoms with E-state index in [4.69, 9.17) is 9.47 Å². The molecular formula is C25H24FNO5. The van der Waals surface area contributed by atoms with Crippen LogP contribution < -0.4 is 4.74 Å². The lowest BCUT2D eigenvalue weighted by Crippen LogP contribution is -2.14. The van der Waals surface area contributed by atoms with E-state index in [1.54, 1.807) is 57.2 Å². The molecule has 1 saturated carbocycles.